The predicted octanol–water partition coefficient (Wildman–Crippen LogP) is 1.84. The molecule has 0 saturated heterocycles. The molecule has 0 aromatic carbocycles. The van der Waals surface area contributed by atoms with E-state index in [0.29, 0.717) is 6.54 Å². The number of rotatable bonds is 2. The van der Waals surface area contributed by atoms with Crippen molar-refractivity contribution < 1.29 is 0 Å². The van der Waals surface area contributed by atoms with Gasteiger partial charge in [0, 0.05) is 13.5 Å². The highest BCUT2D eigenvalue weighted by Crippen LogP contribution is 2.13. The molecule has 0 radical (unpaired) electrons. The third-order valence-electron chi connectivity index (χ3n) is 1.32. The molecule has 1 aromatic rings. The van der Waals surface area contributed by atoms with E-state index >= 15 is 0 Å². The van der Waals surface area contributed by atoms with Crippen LogP contribution in [0, 0.1) is 0 Å². The maximum Gasteiger partial charge on any atom is 0.107 e. The van der Waals surface area contributed by atoms with Gasteiger partial charge in [-0.2, -0.15) is 0 Å². The van der Waals surface area contributed by atoms with Crippen molar-refractivity contribution in [3.8, 4) is 0 Å². The highest BCUT2D eigenvalue weighted by molar-refractivity contribution is 9.10. The van der Waals surface area contributed by atoms with Gasteiger partial charge in [-0.25, -0.2) is 4.98 Å². The van der Waals surface area contributed by atoms with Gasteiger partial charge in [0.1, 0.15) is 4.60 Å². The molecular formula is C6H12Br3N3. The summed E-state index contributed by atoms with van der Waals surface area (Å²) in [5.41, 5.74) is 6.40. The van der Waals surface area contributed by atoms with Gasteiger partial charge in [0.15, 0.2) is 0 Å². The fourth-order valence-corrected chi connectivity index (χ4v) is 1.16. The summed E-state index contributed by atoms with van der Waals surface area (Å²) < 4.78 is 2.95. The molecule has 0 aliphatic rings. The SMILES string of the molecule is Br.Br.Cn1cnc(CCN)c1Br. The van der Waals surface area contributed by atoms with Gasteiger partial charge in [-0.05, 0) is 22.5 Å². The van der Waals surface area contributed by atoms with Gasteiger partial charge in [0.25, 0.3) is 0 Å². The van der Waals surface area contributed by atoms with Gasteiger partial charge in [-0.3, -0.25) is 0 Å². The van der Waals surface area contributed by atoms with Crippen molar-refractivity contribution in [2.24, 2.45) is 12.8 Å². The number of nitrogens with two attached hydrogens (primary N) is 1. The second-order valence-electron chi connectivity index (χ2n) is 2.13. The van der Waals surface area contributed by atoms with Gasteiger partial charge in [-0.1, -0.05) is 0 Å². The van der Waals surface area contributed by atoms with Crippen LogP contribution in [0.4, 0.5) is 0 Å². The monoisotopic (exact) mass is 363 g/mol. The molecule has 1 aromatic heterocycles. The molecule has 3 nitrogen and oxygen atoms in total. The van der Waals surface area contributed by atoms with Crippen LogP contribution in [0.1, 0.15) is 5.69 Å². The summed E-state index contributed by atoms with van der Waals surface area (Å²) in [5.74, 6) is 0. The zero-order valence-corrected chi connectivity index (χ0v) is 11.7. The molecule has 0 saturated carbocycles. The summed E-state index contributed by atoms with van der Waals surface area (Å²) in [6, 6.07) is 0. The van der Waals surface area contributed by atoms with Crippen LogP contribution < -0.4 is 5.73 Å². The summed E-state index contributed by atoms with van der Waals surface area (Å²) in [6.45, 7) is 0.648. The smallest absolute Gasteiger partial charge is 0.107 e. The number of aromatic nitrogens is 2. The molecule has 0 spiro atoms. The lowest BCUT2D eigenvalue weighted by Gasteiger charge is -1.94. The first-order valence-corrected chi connectivity index (χ1v) is 3.90. The van der Waals surface area contributed by atoms with Gasteiger partial charge in [-0.15, -0.1) is 34.0 Å². The number of halogens is 3. The van der Waals surface area contributed by atoms with E-state index in [4.69, 9.17) is 5.73 Å². The van der Waals surface area contributed by atoms with Crippen molar-refractivity contribution in [1.29, 1.82) is 0 Å². The standard InChI is InChI=1S/C6H10BrN3.2BrH/c1-10-4-9-5(2-3-8)6(10)7;;/h4H,2-3,8H2,1H3;2*1H. The second-order valence-corrected chi connectivity index (χ2v) is 2.88. The van der Waals surface area contributed by atoms with Gasteiger partial charge in [0.05, 0.1) is 12.0 Å². The lowest BCUT2D eigenvalue weighted by molar-refractivity contribution is 0.879. The van der Waals surface area contributed by atoms with E-state index in [2.05, 4.69) is 20.9 Å². The molecule has 2 N–H and O–H groups in total. The third kappa shape index (κ3) is 3.55. The normalized spacial score (nSPS) is 8.58. The molecule has 0 atom stereocenters. The van der Waals surface area contributed by atoms with Crippen LogP contribution in [0.25, 0.3) is 0 Å². The van der Waals surface area contributed by atoms with Crippen LogP contribution in [-0.4, -0.2) is 16.1 Å². The average Bonchev–Trinajstić information content (AvgIpc) is 2.20. The number of nitrogens with zero attached hydrogens (tertiary/aromatic N) is 2. The first-order chi connectivity index (χ1) is 4.75. The third-order valence-corrected chi connectivity index (χ3v) is 2.33. The van der Waals surface area contributed by atoms with Crippen molar-refractivity contribution in [3.63, 3.8) is 0 Å². The Kier molecular flexibility index (Phi) is 8.88. The molecule has 0 fully saturated rings. The largest absolute Gasteiger partial charge is 0.330 e. The van der Waals surface area contributed by atoms with Crippen molar-refractivity contribution in [2.45, 2.75) is 6.42 Å². The maximum absolute atomic E-state index is 5.37. The van der Waals surface area contributed by atoms with E-state index in [9.17, 15) is 0 Å². The lowest BCUT2D eigenvalue weighted by Crippen LogP contribution is -2.03. The minimum atomic E-state index is 0. The molecule has 0 unspecified atom stereocenters. The summed E-state index contributed by atoms with van der Waals surface area (Å²) >= 11 is 3.40. The summed E-state index contributed by atoms with van der Waals surface area (Å²) in [4.78, 5) is 4.14. The van der Waals surface area contributed by atoms with Crippen LogP contribution in [0.15, 0.2) is 10.9 Å². The highest BCUT2D eigenvalue weighted by atomic mass is 79.9. The Morgan fingerprint density at radius 3 is 2.50 bits per heavy atom. The fourth-order valence-electron chi connectivity index (χ4n) is 0.768. The molecule has 6 heteroatoms. The topological polar surface area (TPSA) is 43.8 Å². The predicted molar refractivity (Wildman–Crippen MR) is 64.3 cm³/mol. The van der Waals surface area contributed by atoms with Gasteiger partial charge < -0.3 is 10.3 Å². The van der Waals surface area contributed by atoms with Crippen molar-refractivity contribution in [2.75, 3.05) is 6.54 Å². The van der Waals surface area contributed by atoms with Gasteiger partial charge >= 0.3 is 0 Å². The molecule has 12 heavy (non-hydrogen) atoms. The number of imidazole rings is 1. The van der Waals surface area contributed by atoms with E-state index < -0.39 is 0 Å². The first-order valence-electron chi connectivity index (χ1n) is 3.11. The van der Waals surface area contributed by atoms with Crippen LogP contribution in [-0.2, 0) is 13.5 Å². The number of hydrogen-bond donors (Lipinski definition) is 1. The molecule has 0 bridgehead atoms. The summed E-state index contributed by atoms with van der Waals surface area (Å²) in [5, 5.41) is 0. The van der Waals surface area contributed by atoms with E-state index in [-0.39, 0.29) is 34.0 Å². The zero-order valence-electron chi connectivity index (χ0n) is 6.66. The van der Waals surface area contributed by atoms with Crippen LogP contribution in [0.5, 0.6) is 0 Å². The lowest BCUT2D eigenvalue weighted by atomic mass is 10.3. The molecular weight excluding hydrogens is 354 g/mol. The van der Waals surface area contributed by atoms with E-state index in [1.807, 2.05) is 11.6 Å². The fraction of sp³-hybridized carbons (Fsp3) is 0.500. The van der Waals surface area contributed by atoms with Crippen LogP contribution in [0.3, 0.4) is 0 Å². The van der Waals surface area contributed by atoms with E-state index in [0.717, 1.165) is 16.7 Å². The Morgan fingerprint density at radius 1 is 1.58 bits per heavy atom. The van der Waals surface area contributed by atoms with Gasteiger partial charge in [0.2, 0.25) is 0 Å². The Hall–Kier alpha value is 0.610. The highest BCUT2D eigenvalue weighted by Gasteiger charge is 2.02. The quantitative estimate of drug-likeness (QED) is 0.869. The van der Waals surface area contributed by atoms with Crippen molar-refractivity contribution in [1.82, 2.24) is 9.55 Å². The van der Waals surface area contributed by atoms with Crippen LogP contribution in [0.2, 0.25) is 0 Å². The first kappa shape index (κ1) is 15.1. The zero-order chi connectivity index (χ0) is 7.56. The number of aryl methyl sites for hydroxylation is 1. The second kappa shape index (κ2) is 7.06. The minimum Gasteiger partial charge on any atom is -0.330 e. The molecule has 0 amide bonds. The molecule has 0 aliphatic heterocycles. The minimum absolute atomic E-state index is 0. The Balaban J connectivity index is 0. The van der Waals surface area contributed by atoms with E-state index in [1.165, 1.54) is 0 Å². The molecule has 1 heterocycles. The maximum atomic E-state index is 5.37. The van der Waals surface area contributed by atoms with Crippen molar-refractivity contribution >= 4 is 49.9 Å². The Bertz CT molecular complexity index is 224. The van der Waals surface area contributed by atoms with Crippen LogP contribution >= 0.6 is 49.9 Å². The Labute approximate surface area is 101 Å². The van der Waals surface area contributed by atoms with E-state index in [1.54, 1.807) is 6.33 Å². The Morgan fingerprint density at radius 2 is 2.17 bits per heavy atom. The number of hydrogen-bond acceptors (Lipinski definition) is 2. The molecule has 0 aliphatic carbocycles. The molecule has 1 rings (SSSR count). The molecule has 72 valence electrons. The van der Waals surface area contributed by atoms with Crippen molar-refractivity contribution in [3.05, 3.63) is 16.6 Å². The summed E-state index contributed by atoms with van der Waals surface area (Å²) in [7, 11) is 1.94. The summed E-state index contributed by atoms with van der Waals surface area (Å²) in [6.07, 6.45) is 2.61. The average molecular weight is 366 g/mol.